The van der Waals surface area contributed by atoms with Crippen molar-refractivity contribution in [1.29, 1.82) is 0 Å². The van der Waals surface area contributed by atoms with Crippen LogP contribution < -0.4 is 0 Å². The van der Waals surface area contributed by atoms with Crippen molar-refractivity contribution in [3.63, 3.8) is 0 Å². The predicted octanol–water partition coefficient (Wildman–Crippen LogP) is 3.64. The van der Waals surface area contributed by atoms with Crippen LogP contribution in [0.3, 0.4) is 0 Å². The minimum Gasteiger partial charge on any atom is -0.166 e. The molecule has 0 aromatic heterocycles. The first-order chi connectivity index (χ1) is 5.39. The van der Waals surface area contributed by atoms with Crippen LogP contribution in [-0.2, 0) is 0 Å². The normalized spacial score (nSPS) is 24.9. The van der Waals surface area contributed by atoms with Crippen molar-refractivity contribution in [2.24, 2.45) is 5.92 Å². The average molecular weight is 197 g/mol. The van der Waals surface area contributed by atoms with E-state index in [1.54, 1.807) is 13.0 Å². The van der Waals surface area contributed by atoms with Crippen LogP contribution in [-0.4, -0.2) is 6.18 Å². The Hall–Kier alpha value is -0.440. The van der Waals surface area contributed by atoms with E-state index in [-0.39, 0.29) is 17.4 Å². The van der Waals surface area contributed by atoms with Crippen molar-refractivity contribution in [3.05, 3.63) is 22.8 Å². The maximum Gasteiger partial charge on any atom is 0.412 e. The first-order valence-corrected chi connectivity index (χ1v) is 3.92. The van der Waals surface area contributed by atoms with Crippen LogP contribution in [0, 0.1) is 5.92 Å². The molecule has 1 aliphatic carbocycles. The summed E-state index contributed by atoms with van der Waals surface area (Å²) in [4.78, 5) is 0. The fourth-order valence-electron chi connectivity index (χ4n) is 1.15. The van der Waals surface area contributed by atoms with Crippen LogP contribution in [0.1, 0.15) is 13.3 Å². The molecule has 4 heteroatoms. The monoisotopic (exact) mass is 196 g/mol. The van der Waals surface area contributed by atoms with Crippen molar-refractivity contribution in [2.75, 3.05) is 0 Å². The van der Waals surface area contributed by atoms with Gasteiger partial charge < -0.3 is 0 Å². The maximum absolute atomic E-state index is 12.1. The zero-order chi connectivity index (χ0) is 9.35. The highest BCUT2D eigenvalue weighted by molar-refractivity contribution is 6.31. The molecule has 0 aliphatic heterocycles. The van der Waals surface area contributed by atoms with Gasteiger partial charge in [-0.2, -0.15) is 13.2 Å². The van der Waals surface area contributed by atoms with Crippen LogP contribution in [0.4, 0.5) is 13.2 Å². The molecule has 12 heavy (non-hydrogen) atoms. The Kier molecular flexibility index (Phi) is 2.52. The average Bonchev–Trinajstić information content (AvgIpc) is 1.82. The number of rotatable bonds is 0. The number of allylic oxidation sites excluding steroid dienone is 4. The molecule has 0 radical (unpaired) electrons. The molecule has 0 heterocycles. The molecule has 68 valence electrons. The summed E-state index contributed by atoms with van der Waals surface area (Å²) in [6.45, 7) is 1.71. The Morgan fingerprint density at radius 3 is 2.50 bits per heavy atom. The van der Waals surface area contributed by atoms with E-state index >= 15 is 0 Å². The summed E-state index contributed by atoms with van der Waals surface area (Å²) in [5.74, 6) is -0.126. The third kappa shape index (κ3) is 2.27. The molecule has 0 spiro atoms. The van der Waals surface area contributed by atoms with Gasteiger partial charge in [0.15, 0.2) is 0 Å². The fraction of sp³-hybridized carbons (Fsp3) is 0.500. The molecule has 0 bridgehead atoms. The summed E-state index contributed by atoms with van der Waals surface area (Å²) in [5, 5.41) is 0.182. The lowest BCUT2D eigenvalue weighted by Crippen LogP contribution is -2.16. The maximum atomic E-state index is 12.1. The van der Waals surface area contributed by atoms with Crippen LogP contribution in [0.2, 0.25) is 0 Å². The molecule has 0 aromatic rings. The van der Waals surface area contributed by atoms with Gasteiger partial charge in [-0.15, -0.1) is 0 Å². The van der Waals surface area contributed by atoms with Crippen LogP contribution in [0.15, 0.2) is 22.8 Å². The molecule has 0 saturated heterocycles. The van der Waals surface area contributed by atoms with Gasteiger partial charge >= 0.3 is 6.18 Å². The topological polar surface area (TPSA) is 0 Å². The van der Waals surface area contributed by atoms with Crippen molar-refractivity contribution in [2.45, 2.75) is 19.5 Å². The standard InChI is InChI=1S/C8H8ClF3/c1-5-2-6(8(10,11)12)4-7(9)3-5/h3-5H,2H2,1H3. The lowest BCUT2D eigenvalue weighted by molar-refractivity contribution is -0.0949. The Morgan fingerprint density at radius 1 is 1.50 bits per heavy atom. The Balaban J connectivity index is 2.87. The highest BCUT2D eigenvalue weighted by Crippen LogP contribution is 2.35. The van der Waals surface area contributed by atoms with Gasteiger partial charge in [0.25, 0.3) is 0 Å². The van der Waals surface area contributed by atoms with E-state index in [0.29, 0.717) is 0 Å². The molecule has 1 atom stereocenters. The molecule has 1 rings (SSSR count). The van der Waals surface area contributed by atoms with Crippen LogP contribution in [0.25, 0.3) is 0 Å². The first-order valence-electron chi connectivity index (χ1n) is 3.54. The predicted molar refractivity (Wildman–Crippen MR) is 41.9 cm³/mol. The Morgan fingerprint density at radius 2 is 2.08 bits per heavy atom. The van der Waals surface area contributed by atoms with Crippen molar-refractivity contribution in [3.8, 4) is 0 Å². The molecule has 1 aliphatic rings. The SMILES string of the molecule is CC1C=C(Cl)C=C(C(F)(F)F)C1. The summed E-state index contributed by atoms with van der Waals surface area (Å²) in [7, 11) is 0. The lowest BCUT2D eigenvalue weighted by atomic mass is 9.95. The van der Waals surface area contributed by atoms with Crippen molar-refractivity contribution < 1.29 is 13.2 Å². The van der Waals surface area contributed by atoms with Gasteiger partial charge in [0, 0.05) is 10.6 Å². The van der Waals surface area contributed by atoms with Gasteiger partial charge in [-0.05, 0) is 18.4 Å². The molecular formula is C8H8ClF3. The third-order valence-corrected chi connectivity index (χ3v) is 1.90. The zero-order valence-corrected chi connectivity index (χ0v) is 7.21. The second-order valence-electron chi connectivity index (χ2n) is 2.90. The van der Waals surface area contributed by atoms with E-state index in [2.05, 4.69) is 0 Å². The number of alkyl halides is 3. The Bertz CT molecular complexity index is 237. The largest absolute Gasteiger partial charge is 0.412 e. The van der Waals surface area contributed by atoms with E-state index in [9.17, 15) is 13.2 Å². The van der Waals surface area contributed by atoms with Gasteiger partial charge in [-0.1, -0.05) is 24.6 Å². The minimum absolute atomic E-state index is 0.0275. The Labute approximate surface area is 73.7 Å². The van der Waals surface area contributed by atoms with Gasteiger partial charge in [0.2, 0.25) is 0 Å². The van der Waals surface area contributed by atoms with Gasteiger partial charge in [0.1, 0.15) is 0 Å². The summed E-state index contributed by atoms with van der Waals surface area (Å²) >= 11 is 5.50. The van der Waals surface area contributed by atoms with E-state index in [1.165, 1.54) is 0 Å². The highest BCUT2D eigenvalue weighted by Gasteiger charge is 2.35. The molecule has 0 aromatic carbocycles. The third-order valence-electron chi connectivity index (χ3n) is 1.66. The molecule has 0 fully saturated rings. The van der Waals surface area contributed by atoms with E-state index in [4.69, 9.17) is 11.6 Å². The molecule has 0 amide bonds. The number of hydrogen-bond acceptors (Lipinski definition) is 0. The lowest BCUT2D eigenvalue weighted by Gasteiger charge is -2.18. The van der Waals surface area contributed by atoms with Gasteiger partial charge in [-0.3, -0.25) is 0 Å². The second-order valence-corrected chi connectivity index (χ2v) is 3.34. The summed E-state index contributed by atoms with van der Waals surface area (Å²) in [6, 6.07) is 0. The van der Waals surface area contributed by atoms with E-state index in [1.807, 2.05) is 0 Å². The highest BCUT2D eigenvalue weighted by atomic mass is 35.5. The first kappa shape index (κ1) is 9.65. The number of halogens is 4. The van der Waals surface area contributed by atoms with Gasteiger partial charge in [-0.25, -0.2) is 0 Å². The summed E-state index contributed by atoms with van der Waals surface area (Å²) in [5.41, 5.74) is -0.539. The molecule has 0 saturated carbocycles. The van der Waals surface area contributed by atoms with Gasteiger partial charge in [0.05, 0.1) is 0 Å². The molecule has 1 unspecified atom stereocenters. The zero-order valence-electron chi connectivity index (χ0n) is 6.45. The van der Waals surface area contributed by atoms with Crippen LogP contribution >= 0.6 is 11.6 Å². The van der Waals surface area contributed by atoms with E-state index in [0.717, 1.165) is 6.08 Å². The quantitative estimate of drug-likeness (QED) is 0.555. The van der Waals surface area contributed by atoms with Crippen LogP contribution in [0.5, 0.6) is 0 Å². The molecule has 0 N–H and O–H groups in total. The molecular weight excluding hydrogens is 189 g/mol. The van der Waals surface area contributed by atoms with Crippen molar-refractivity contribution in [1.82, 2.24) is 0 Å². The summed E-state index contributed by atoms with van der Waals surface area (Å²) < 4.78 is 36.4. The van der Waals surface area contributed by atoms with Crippen molar-refractivity contribution >= 4 is 11.6 Å². The summed E-state index contributed by atoms with van der Waals surface area (Å²) in [6.07, 6.45) is -1.60. The molecule has 0 nitrogen and oxygen atoms in total. The number of hydrogen-bond donors (Lipinski definition) is 0. The fourth-order valence-corrected chi connectivity index (χ4v) is 1.50. The van der Waals surface area contributed by atoms with E-state index < -0.39 is 11.7 Å². The smallest absolute Gasteiger partial charge is 0.166 e. The second kappa shape index (κ2) is 3.13. The minimum atomic E-state index is -4.23.